The summed E-state index contributed by atoms with van der Waals surface area (Å²) in [6.07, 6.45) is -8.33. The zero-order valence-corrected chi connectivity index (χ0v) is 12.6. The first-order chi connectivity index (χ1) is 11.0. The van der Waals surface area contributed by atoms with Gasteiger partial charge in [-0.15, -0.1) is 5.10 Å². The second kappa shape index (κ2) is 5.36. The number of fused-ring (bicyclic) bond motifs is 1. The molecule has 0 bridgehead atoms. The second-order valence-corrected chi connectivity index (χ2v) is 5.74. The normalized spacial score (nSPS) is 12.8. The Morgan fingerprint density at radius 2 is 1.58 bits per heavy atom. The Hall–Kier alpha value is -2.30. The molecule has 0 aliphatic heterocycles. The highest BCUT2D eigenvalue weighted by Gasteiger charge is 2.37. The van der Waals surface area contributed by atoms with Gasteiger partial charge in [-0.25, -0.2) is 9.50 Å². The summed E-state index contributed by atoms with van der Waals surface area (Å²) in [4.78, 5) is 4.48. The third kappa shape index (κ3) is 3.30. The van der Waals surface area contributed by atoms with Gasteiger partial charge in [0.2, 0.25) is 4.96 Å². The number of alkyl halides is 6. The van der Waals surface area contributed by atoms with Crippen LogP contribution in [-0.4, -0.2) is 14.6 Å². The Bertz CT molecular complexity index is 832. The molecule has 0 saturated heterocycles. The van der Waals surface area contributed by atoms with Gasteiger partial charge in [-0.1, -0.05) is 0 Å². The number of aryl methyl sites for hydroxylation is 1. The molecule has 2 heterocycles. The summed E-state index contributed by atoms with van der Waals surface area (Å²) in [6.45, 7) is 1.71. The molecule has 0 saturated carbocycles. The van der Waals surface area contributed by atoms with Gasteiger partial charge in [-0.2, -0.15) is 26.3 Å². The van der Waals surface area contributed by atoms with E-state index in [-0.39, 0.29) is 11.3 Å². The number of imidazole rings is 1. The van der Waals surface area contributed by atoms with Crippen molar-refractivity contribution in [1.82, 2.24) is 14.6 Å². The fourth-order valence-electron chi connectivity index (χ4n) is 1.92. The second-order valence-electron chi connectivity index (χ2n) is 4.82. The molecule has 128 valence electrons. The predicted molar refractivity (Wildman–Crippen MR) is 72.1 cm³/mol. The molecule has 3 rings (SSSR count). The van der Waals surface area contributed by atoms with Gasteiger partial charge in [0.05, 0.1) is 23.0 Å². The largest absolute Gasteiger partial charge is 0.430 e. The van der Waals surface area contributed by atoms with Gasteiger partial charge in [0, 0.05) is 0 Å². The maximum atomic E-state index is 12.8. The van der Waals surface area contributed by atoms with Crippen molar-refractivity contribution in [2.75, 3.05) is 0 Å². The summed E-state index contributed by atoms with van der Waals surface area (Å²) < 4.78 is 83.1. The Labute approximate surface area is 134 Å². The lowest BCUT2D eigenvalue weighted by Gasteiger charge is -2.13. The third-order valence-corrected chi connectivity index (χ3v) is 3.71. The fourth-order valence-corrected chi connectivity index (χ4v) is 2.72. The summed E-state index contributed by atoms with van der Waals surface area (Å²) in [6, 6.07) is 1.01. The van der Waals surface area contributed by atoms with Gasteiger partial charge in [-0.3, -0.25) is 0 Å². The molecule has 0 amide bonds. The van der Waals surface area contributed by atoms with Crippen LogP contribution in [0.15, 0.2) is 24.4 Å². The van der Waals surface area contributed by atoms with Crippen LogP contribution in [0.3, 0.4) is 0 Å². The maximum Gasteiger partial charge on any atom is 0.416 e. The first-order valence-corrected chi connectivity index (χ1v) is 7.14. The SMILES string of the molecule is Cc1cn2nc(Oc3cc(C(F)(F)F)cc(C(F)(F)F)c3)sc2n1. The first kappa shape index (κ1) is 16.6. The van der Waals surface area contributed by atoms with E-state index in [1.54, 1.807) is 13.1 Å². The number of ether oxygens (including phenoxy) is 1. The van der Waals surface area contributed by atoms with E-state index in [1.807, 2.05) is 0 Å². The molecule has 1 aromatic carbocycles. The van der Waals surface area contributed by atoms with E-state index >= 15 is 0 Å². The van der Waals surface area contributed by atoms with Gasteiger partial charge in [0.25, 0.3) is 5.19 Å². The Morgan fingerprint density at radius 1 is 1.00 bits per heavy atom. The average molecular weight is 367 g/mol. The summed E-state index contributed by atoms with van der Waals surface area (Å²) in [5.41, 5.74) is -2.24. The lowest BCUT2D eigenvalue weighted by molar-refractivity contribution is -0.143. The van der Waals surface area contributed by atoms with Crippen molar-refractivity contribution in [2.45, 2.75) is 19.3 Å². The number of halogens is 6. The van der Waals surface area contributed by atoms with Crippen molar-refractivity contribution in [3.8, 4) is 10.9 Å². The molecule has 11 heteroatoms. The van der Waals surface area contributed by atoms with E-state index in [0.717, 1.165) is 11.3 Å². The standard InChI is InChI=1S/C13H7F6N3OS/c1-6-5-22-10(20-6)24-11(21-22)23-9-3-7(12(14,15)16)2-8(4-9)13(17,18)19/h2-5H,1H3. The molecular weight excluding hydrogens is 360 g/mol. The third-order valence-electron chi connectivity index (χ3n) is 2.91. The fraction of sp³-hybridized carbons (Fsp3) is 0.231. The topological polar surface area (TPSA) is 39.4 Å². The predicted octanol–water partition coefficient (Wildman–Crippen LogP) is 4.93. The summed E-state index contributed by atoms with van der Waals surface area (Å²) in [5.74, 6) is -0.606. The molecule has 3 aromatic rings. The van der Waals surface area contributed by atoms with Crippen molar-refractivity contribution in [3.63, 3.8) is 0 Å². The molecule has 0 N–H and O–H groups in total. The molecular formula is C13H7F6N3OS. The van der Waals surface area contributed by atoms with E-state index in [2.05, 4.69) is 10.1 Å². The van der Waals surface area contributed by atoms with Crippen LogP contribution in [0.5, 0.6) is 10.9 Å². The first-order valence-electron chi connectivity index (χ1n) is 6.32. The minimum Gasteiger partial charge on any atom is -0.430 e. The maximum absolute atomic E-state index is 12.8. The summed E-state index contributed by atoms with van der Waals surface area (Å²) in [7, 11) is 0. The highest BCUT2D eigenvalue weighted by molar-refractivity contribution is 7.18. The Kier molecular flexibility index (Phi) is 3.70. The molecule has 0 aliphatic rings. The number of rotatable bonds is 2. The molecule has 4 nitrogen and oxygen atoms in total. The van der Waals surface area contributed by atoms with Crippen LogP contribution in [0.4, 0.5) is 26.3 Å². The van der Waals surface area contributed by atoms with Crippen molar-refractivity contribution in [2.24, 2.45) is 0 Å². The summed E-state index contributed by atoms with van der Waals surface area (Å²) in [5, 5.41) is 3.78. The van der Waals surface area contributed by atoms with E-state index in [9.17, 15) is 26.3 Å². The van der Waals surface area contributed by atoms with Crippen LogP contribution in [0.2, 0.25) is 0 Å². The van der Waals surface area contributed by atoms with Crippen LogP contribution < -0.4 is 4.74 Å². The van der Waals surface area contributed by atoms with Crippen LogP contribution >= 0.6 is 11.3 Å². The van der Waals surface area contributed by atoms with Crippen LogP contribution in [0.25, 0.3) is 4.96 Å². The molecule has 24 heavy (non-hydrogen) atoms. The molecule has 2 aromatic heterocycles. The zero-order valence-electron chi connectivity index (χ0n) is 11.7. The van der Waals surface area contributed by atoms with Crippen molar-refractivity contribution < 1.29 is 31.1 Å². The molecule has 0 radical (unpaired) electrons. The quantitative estimate of drug-likeness (QED) is 0.603. The zero-order chi connectivity index (χ0) is 17.7. The van der Waals surface area contributed by atoms with Gasteiger partial charge in [0.1, 0.15) is 5.75 Å². The van der Waals surface area contributed by atoms with Gasteiger partial charge in [0.15, 0.2) is 0 Å². The highest BCUT2D eigenvalue weighted by atomic mass is 32.1. The monoisotopic (exact) mass is 367 g/mol. The minimum absolute atomic E-state index is 0.0326. The van der Waals surface area contributed by atoms with E-state index in [4.69, 9.17) is 4.74 Å². The minimum atomic E-state index is -4.94. The van der Waals surface area contributed by atoms with Crippen LogP contribution in [0.1, 0.15) is 16.8 Å². The van der Waals surface area contributed by atoms with Gasteiger partial charge in [-0.05, 0) is 36.5 Å². The number of hydrogen-bond acceptors (Lipinski definition) is 4. The highest BCUT2D eigenvalue weighted by Crippen LogP contribution is 2.39. The Morgan fingerprint density at radius 3 is 2.08 bits per heavy atom. The average Bonchev–Trinajstić information content (AvgIpc) is 2.92. The van der Waals surface area contributed by atoms with Crippen molar-refractivity contribution in [1.29, 1.82) is 0 Å². The lowest BCUT2D eigenvalue weighted by Crippen LogP contribution is -2.11. The smallest absolute Gasteiger partial charge is 0.416 e. The molecule has 0 unspecified atom stereocenters. The van der Waals surface area contributed by atoms with Crippen molar-refractivity contribution in [3.05, 3.63) is 41.2 Å². The van der Waals surface area contributed by atoms with Crippen LogP contribution in [0, 0.1) is 6.92 Å². The number of nitrogens with zero attached hydrogens (tertiary/aromatic N) is 3. The Balaban J connectivity index is 2.00. The van der Waals surface area contributed by atoms with Gasteiger partial charge >= 0.3 is 12.4 Å². The number of aromatic nitrogens is 3. The molecule has 0 aliphatic carbocycles. The van der Waals surface area contributed by atoms with Crippen LogP contribution in [-0.2, 0) is 12.4 Å². The molecule has 0 spiro atoms. The van der Waals surface area contributed by atoms with E-state index < -0.39 is 29.2 Å². The van der Waals surface area contributed by atoms with Crippen molar-refractivity contribution >= 4 is 16.3 Å². The molecule has 0 fully saturated rings. The summed E-state index contributed by atoms with van der Waals surface area (Å²) >= 11 is 0.896. The van der Waals surface area contributed by atoms with E-state index in [0.29, 0.717) is 22.8 Å². The van der Waals surface area contributed by atoms with Gasteiger partial charge < -0.3 is 4.74 Å². The number of benzene rings is 1. The molecule has 0 atom stereocenters. The van der Waals surface area contributed by atoms with E-state index in [1.165, 1.54) is 4.52 Å². The lowest BCUT2D eigenvalue weighted by atomic mass is 10.1. The number of hydrogen-bond donors (Lipinski definition) is 0.